The highest BCUT2D eigenvalue weighted by Crippen LogP contribution is 2.14. The molecule has 0 unspecified atom stereocenters. The Labute approximate surface area is 145 Å². The van der Waals surface area contributed by atoms with Crippen LogP contribution in [0, 0.1) is 0 Å². The molecule has 0 saturated carbocycles. The zero-order chi connectivity index (χ0) is 18.3. The number of aromatic nitrogens is 5. The van der Waals surface area contributed by atoms with Crippen LogP contribution in [-0.4, -0.2) is 37.1 Å². The van der Waals surface area contributed by atoms with E-state index in [1.807, 2.05) is 0 Å². The number of carbonyl (C=O) groups is 1. The molecule has 4 rings (SSSR count). The van der Waals surface area contributed by atoms with Crippen molar-refractivity contribution in [1.82, 2.24) is 24.6 Å². The number of rotatable bonds is 3. The van der Waals surface area contributed by atoms with Crippen LogP contribution in [0.15, 0.2) is 46.2 Å². The maximum atomic E-state index is 12.8. The van der Waals surface area contributed by atoms with E-state index in [4.69, 9.17) is 4.74 Å². The van der Waals surface area contributed by atoms with E-state index in [9.17, 15) is 14.4 Å². The van der Waals surface area contributed by atoms with Crippen LogP contribution in [0.3, 0.4) is 0 Å². The van der Waals surface area contributed by atoms with Crippen molar-refractivity contribution < 1.29 is 9.53 Å². The topological polar surface area (TPSA) is 122 Å². The van der Waals surface area contributed by atoms with E-state index in [1.165, 1.54) is 12.4 Å². The fourth-order valence-electron chi connectivity index (χ4n) is 2.69. The largest absolute Gasteiger partial charge is 0.462 e. The maximum absolute atomic E-state index is 12.8. The first-order valence-corrected chi connectivity index (χ1v) is 7.86. The fraction of sp³-hybridized carbons (Fsp3) is 0.118. The second-order valence-corrected chi connectivity index (χ2v) is 5.48. The molecule has 0 saturated heterocycles. The highest BCUT2D eigenvalue weighted by Gasteiger charge is 2.19. The lowest BCUT2D eigenvalue weighted by Gasteiger charge is -2.03. The van der Waals surface area contributed by atoms with Crippen LogP contribution in [0.4, 0.5) is 0 Å². The third kappa shape index (κ3) is 2.37. The van der Waals surface area contributed by atoms with Crippen molar-refractivity contribution in [3.05, 3.63) is 62.9 Å². The minimum absolute atomic E-state index is 0.0201. The monoisotopic (exact) mass is 351 g/mol. The van der Waals surface area contributed by atoms with Crippen molar-refractivity contribution in [2.75, 3.05) is 6.61 Å². The average molecular weight is 351 g/mol. The Balaban J connectivity index is 1.92. The molecule has 0 atom stereocenters. The molecule has 130 valence electrons. The molecule has 0 radical (unpaired) electrons. The van der Waals surface area contributed by atoms with Gasteiger partial charge in [-0.15, -0.1) is 0 Å². The average Bonchev–Trinajstić information content (AvgIpc) is 3.07. The van der Waals surface area contributed by atoms with E-state index in [2.05, 4.69) is 20.1 Å². The zero-order valence-corrected chi connectivity index (χ0v) is 13.6. The highest BCUT2D eigenvalue weighted by molar-refractivity contribution is 5.95. The first-order chi connectivity index (χ1) is 12.6. The predicted molar refractivity (Wildman–Crippen MR) is 93.1 cm³/mol. The Morgan fingerprint density at radius 2 is 2.08 bits per heavy atom. The molecule has 0 fully saturated rings. The summed E-state index contributed by atoms with van der Waals surface area (Å²) in [6, 6.07) is 7.00. The second-order valence-electron chi connectivity index (χ2n) is 5.48. The molecule has 0 aliphatic carbocycles. The number of hydrogen-bond acceptors (Lipinski definition) is 6. The molecule has 0 amide bonds. The lowest BCUT2D eigenvalue weighted by atomic mass is 10.2. The molecule has 1 aromatic carbocycles. The number of nitrogens with one attached hydrogen (secondary N) is 2. The predicted octanol–water partition coefficient (Wildman–Crippen LogP) is 1.10. The molecule has 0 aliphatic heterocycles. The van der Waals surface area contributed by atoms with E-state index < -0.39 is 17.1 Å². The van der Waals surface area contributed by atoms with Gasteiger partial charge in [0.1, 0.15) is 11.3 Å². The van der Waals surface area contributed by atoms with Gasteiger partial charge in [-0.25, -0.2) is 19.3 Å². The lowest BCUT2D eigenvalue weighted by molar-refractivity contribution is 0.0528. The van der Waals surface area contributed by atoms with E-state index in [0.717, 1.165) is 4.52 Å². The van der Waals surface area contributed by atoms with Crippen LogP contribution < -0.4 is 11.1 Å². The van der Waals surface area contributed by atoms with Gasteiger partial charge < -0.3 is 9.72 Å². The van der Waals surface area contributed by atoms with E-state index in [1.54, 1.807) is 31.2 Å². The third-order valence-electron chi connectivity index (χ3n) is 3.89. The molecule has 0 spiro atoms. The van der Waals surface area contributed by atoms with Gasteiger partial charge in [-0.3, -0.25) is 14.7 Å². The van der Waals surface area contributed by atoms with Gasteiger partial charge in [-0.05, 0) is 19.1 Å². The number of aromatic amines is 2. The van der Waals surface area contributed by atoms with Gasteiger partial charge in [0.05, 0.1) is 23.2 Å². The molecule has 9 nitrogen and oxygen atoms in total. The quantitative estimate of drug-likeness (QED) is 0.533. The molecule has 4 aromatic rings. The Kier molecular flexibility index (Phi) is 3.61. The molecular formula is C17H13N5O4. The van der Waals surface area contributed by atoms with Gasteiger partial charge in [0.2, 0.25) is 0 Å². The Bertz CT molecular complexity index is 1270. The number of H-pyrrole nitrogens is 2. The van der Waals surface area contributed by atoms with Gasteiger partial charge in [-0.2, -0.15) is 0 Å². The van der Waals surface area contributed by atoms with Gasteiger partial charge in [0.15, 0.2) is 5.65 Å². The molecule has 0 aliphatic rings. The Morgan fingerprint density at radius 1 is 1.27 bits per heavy atom. The normalized spacial score (nSPS) is 11.1. The standard InChI is InChI=1S/C17H13N5O4/c1-2-26-17(25)10-8-19-22-14(10)18-7-9(16(22)24)13-15(23)21-12-6-4-3-5-11(12)20-13/h3-8,19H,2H2,1H3,(H,21,23). The minimum Gasteiger partial charge on any atom is -0.462 e. The van der Waals surface area contributed by atoms with Gasteiger partial charge in [-0.1, -0.05) is 12.1 Å². The number of ether oxygens (including phenoxy) is 1. The number of para-hydroxylation sites is 2. The van der Waals surface area contributed by atoms with E-state index in [-0.39, 0.29) is 29.1 Å². The number of carbonyl (C=O) groups excluding carboxylic acids is 1. The molecule has 9 heteroatoms. The Morgan fingerprint density at radius 3 is 2.88 bits per heavy atom. The summed E-state index contributed by atoms with van der Waals surface area (Å²) in [5.41, 5.74) is 0.309. The van der Waals surface area contributed by atoms with Crippen LogP contribution in [0.2, 0.25) is 0 Å². The number of nitrogens with zero attached hydrogens (tertiary/aromatic N) is 3. The van der Waals surface area contributed by atoms with E-state index in [0.29, 0.717) is 11.0 Å². The summed E-state index contributed by atoms with van der Waals surface area (Å²) < 4.78 is 6.02. The highest BCUT2D eigenvalue weighted by atomic mass is 16.5. The molecule has 3 aromatic heterocycles. The van der Waals surface area contributed by atoms with Crippen molar-refractivity contribution in [3.63, 3.8) is 0 Å². The van der Waals surface area contributed by atoms with Gasteiger partial charge in [0, 0.05) is 12.4 Å². The summed E-state index contributed by atoms with van der Waals surface area (Å²) in [4.78, 5) is 48.1. The first-order valence-electron chi connectivity index (χ1n) is 7.86. The molecule has 3 heterocycles. The number of benzene rings is 1. The van der Waals surface area contributed by atoms with Crippen molar-refractivity contribution in [2.24, 2.45) is 0 Å². The summed E-state index contributed by atoms with van der Waals surface area (Å²) in [6.45, 7) is 1.89. The smallest absolute Gasteiger partial charge is 0.343 e. The molecule has 2 N–H and O–H groups in total. The summed E-state index contributed by atoms with van der Waals surface area (Å²) >= 11 is 0. The summed E-state index contributed by atoms with van der Waals surface area (Å²) in [7, 11) is 0. The SMILES string of the molecule is CCOC(=O)c1c[nH]n2c(=O)c(-c3nc4ccccc4[nH]c3=O)cnc12. The summed E-state index contributed by atoms with van der Waals surface area (Å²) in [5, 5.41) is 2.66. The summed E-state index contributed by atoms with van der Waals surface area (Å²) in [6.07, 6.45) is 2.57. The summed E-state index contributed by atoms with van der Waals surface area (Å²) in [5.74, 6) is -0.590. The Hall–Kier alpha value is -3.75. The minimum atomic E-state index is -0.590. The number of fused-ring (bicyclic) bond motifs is 2. The lowest BCUT2D eigenvalue weighted by Crippen LogP contribution is -2.22. The molecule has 0 bridgehead atoms. The number of hydrogen-bond donors (Lipinski definition) is 2. The fourth-order valence-corrected chi connectivity index (χ4v) is 2.69. The van der Waals surface area contributed by atoms with Crippen LogP contribution in [0.1, 0.15) is 17.3 Å². The van der Waals surface area contributed by atoms with Gasteiger partial charge >= 0.3 is 5.97 Å². The van der Waals surface area contributed by atoms with Crippen molar-refractivity contribution in [1.29, 1.82) is 0 Å². The van der Waals surface area contributed by atoms with Gasteiger partial charge in [0.25, 0.3) is 11.1 Å². The second kappa shape index (κ2) is 5.96. The first kappa shape index (κ1) is 15.8. The molecule has 26 heavy (non-hydrogen) atoms. The van der Waals surface area contributed by atoms with Crippen molar-refractivity contribution in [2.45, 2.75) is 6.92 Å². The number of esters is 1. The maximum Gasteiger partial charge on any atom is 0.343 e. The van der Waals surface area contributed by atoms with Crippen LogP contribution in [0.25, 0.3) is 27.9 Å². The van der Waals surface area contributed by atoms with Crippen LogP contribution in [-0.2, 0) is 4.74 Å². The van der Waals surface area contributed by atoms with Crippen molar-refractivity contribution in [3.8, 4) is 11.3 Å². The van der Waals surface area contributed by atoms with Crippen LogP contribution >= 0.6 is 0 Å². The van der Waals surface area contributed by atoms with Crippen molar-refractivity contribution >= 4 is 22.6 Å². The zero-order valence-electron chi connectivity index (χ0n) is 13.6. The molecular weight excluding hydrogens is 338 g/mol. The van der Waals surface area contributed by atoms with Crippen LogP contribution in [0.5, 0.6) is 0 Å². The third-order valence-corrected chi connectivity index (χ3v) is 3.89. The van der Waals surface area contributed by atoms with E-state index >= 15 is 0 Å².